The fourth-order valence-electron chi connectivity index (χ4n) is 9.34. The van der Waals surface area contributed by atoms with Crippen molar-refractivity contribution >= 4 is 58.9 Å². The van der Waals surface area contributed by atoms with Gasteiger partial charge < -0.3 is 60.0 Å². The summed E-state index contributed by atoms with van der Waals surface area (Å²) in [6.45, 7) is 0.133. The number of Topliss-reactive ketones (excluding diaryl/α,β-unsaturated/α-hetero) is 4. The number of fused-ring (bicyclic) bond motifs is 3. The van der Waals surface area contributed by atoms with Gasteiger partial charge in [-0.2, -0.15) is 0 Å². The maximum Gasteiger partial charge on any atom is 0.224 e. The number of carbonyl (C=O) groups is 9. The molecule has 6 rings (SSSR count). The molecule has 0 aromatic heterocycles. The number of ketones is 6. The molecule has 3 aromatic carbocycles. The lowest BCUT2D eigenvalue weighted by Crippen LogP contribution is -2.49. The van der Waals surface area contributed by atoms with Crippen molar-refractivity contribution in [3.8, 4) is 17.2 Å². The normalized spacial score (nSPS) is 21.3. The van der Waals surface area contributed by atoms with Crippen molar-refractivity contribution in [2.45, 2.75) is 114 Å². The number of hydrogen-bond donors (Lipinski definition) is 8. The van der Waals surface area contributed by atoms with Gasteiger partial charge in [-0.1, -0.05) is 24.3 Å². The summed E-state index contributed by atoms with van der Waals surface area (Å²) in [5, 5.41) is 77.7. The summed E-state index contributed by atoms with van der Waals surface area (Å²) in [4.78, 5) is 114. The van der Waals surface area contributed by atoms with Crippen molar-refractivity contribution in [1.29, 1.82) is 0 Å². The van der Waals surface area contributed by atoms with Gasteiger partial charge in [-0.15, -0.1) is 0 Å². The van der Waals surface area contributed by atoms with E-state index in [2.05, 4.69) is 5.32 Å². The van der Waals surface area contributed by atoms with E-state index in [4.69, 9.17) is 18.9 Å². The maximum atomic E-state index is 13.9. The molecule has 3 aromatic rings. The first-order chi connectivity index (χ1) is 34.4. The highest BCUT2D eigenvalue weighted by Crippen LogP contribution is 2.52. The molecule has 0 spiro atoms. The number of anilines is 1. The molecule has 1 saturated heterocycles. The van der Waals surface area contributed by atoms with Crippen molar-refractivity contribution < 1.29 is 97.8 Å². The van der Waals surface area contributed by atoms with E-state index in [-0.39, 0.29) is 140 Å². The number of ether oxygens (including phenoxy) is 4. The van der Waals surface area contributed by atoms with Crippen LogP contribution in [0, 0.1) is 5.92 Å². The third kappa shape index (κ3) is 12.2. The first-order valence-electron chi connectivity index (χ1n) is 23.4. The molecule has 72 heavy (non-hydrogen) atoms. The number of amides is 1. The van der Waals surface area contributed by atoms with Crippen LogP contribution in [0.2, 0.25) is 0 Å². The van der Waals surface area contributed by atoms with Crippen LogP contribution >= 0.6 is 0 Å². The number of phenols is 3. The summed E-state index contributed by atoms with van der Waals surface area (Å²) in [7, 11) is 0. The zero-order chi connectivity index (χ0) is 52.4. The minimum Gasteiger partial charge on any atom is -0.507 e. The van der Waals surface area contributed by atoms with Crippen LogP contribution in [-0.2, 0) is 55.9 Å². The molecular formula is C51H57NO20. The number of phenolic OH excluding ortho intramolecular Hbond substituents is 3. The number of aliphatic hydroxyl groups is 4. The molecule has 21 nitrogen and oxygen atoms in total. The molecule has 1 unspecified atom stereocenters. The lowest BCUT2D eigenvalue weighted by Gasteiger charge is -2.42. The minimum atomic E-state index is -2.40. The number of benzene rings is 3. The molecule has 1 heterocycles. The summed E-state index contributed by atoms with van der Waals surface area (Å²) in [6, 6.07) is 6.67. The summed E-state index contributed by atoms with van der Waals surface area (Å²) in [5.41, 5.74) is -4.81. The number of nitrogens with one attached hydrogen (secondary N) is 1. The first kappa shape index (κ1) is 54.9. The van der Waals surface area contributed by atoms with Crippen LogP contribution in [0.15, 0.2) is 30.3 Å². The van der Waals surface area contributed by atoms with Gasteiger partial charge in [0.25, 0.3) is 0 Å². The molecule has 6 atom stereocenters. The highest BCUT2D eigenvalue weighted by Gasteiger charge is 2.50. The second-order valence-corrected chi connectivity index (χ2v) is 18.1. The van der Waals surface area contributed by atoms with Gasteiger partial charge in [0.2, 0.25) is 5.91 Å². The Hall–Kier alpha value is -6.43. The van der Waals surface area contributed by atoms with Crippen LogP contribution in [0.5, 0.6) is 17.2 Å². The highest BCUT2D eigenvalue weighted by atomic mass is 16.7. The number of hydrogen-bond acceptors (Lipinski definition) is 20. The quantitative estimate of drug-likeness (QED) is 0.0194. The van der Waals surface area contributed by atoms with E-state index in [1.807, 2.05) is 0 Å². The monoisotopic (exact) mass is 1000 g/mol. The molecule has 2 aliphatic carbocycles. The van der Waals surface area contributed by atoms with Crippen LogP contribution in [-0.4, -0.2) is 146 Å². The third-order valence-electron chi connectivity index (χ3n) is 13.1. The van der Waals surface area contributed by atoms with E-state index in [1.54, 1.807) is 0 Å². The Morgan fingerprint density at radius 1 is 0.806 bits per heavy atom. The molecule has 0 radical (unpaired) electrons. The van der Waals surface area contributed by atoms with Gasteiger partial charge in [-0.25, -0.2) is 0 Å². The van der Waals surface area contributed by atoms with Crippen LogP contribution in [0.25, 0.3) is 0 Å². The van der Waals surface area contributed by atoms with E-state index < -0.39 is 114 Å². The number of carbonyl (C=O) groups excluding carboxylic acids is 9. The maximum absolute atomic E-state index is 13.9. The van der Waals surface area contributed by atoms with Crippen molar-refractivity contribution in [1.82, 2.24) is 0 Å². The Balaban J connectivity index is 0.935. The molecule has 3 aliphatic rings. The number of aromatic hydroxyl groups is 3. The van der Waals surface area contributed by atoms with Crippen LogP contribution < -0.4 is 5.32 Å². The van der Waals surface area contributed by atoms with Crippen molar-refractivity contribution in [3.63, 3.8) is 0 Å². The van der Waals surface area contributed by atoms with Crippen LogP contribution in [0.4, 0.5) is 5.69 Å². The van der Waals surface area contributed by atoms with Crippen LogP contribution in [0.1, 0.15) is 146 Å². The van der Waals surface area contributed by atoms with E-state index in [0.717, 1.165) is 0 Å². The molecule has 0 bridgehead atoms. The molecule has 1 amide bonds. The predicted molar refractivity (Wildman–Crippen MR) is 248 cm³/mol. The lowest BCUT2D eigenvalue weighted by molar-refractivity contribution is -0.257. The standard InChI is InChI=1S/C51H57NO20/c1-26-45(62)29(17-31(58)6-3-7-32(59)25-70-16-15-69-14-4-8-30(57)11-13-39(61)52-36-12-10-27(21-53)35(23-55)46(36)63)18-40(71-26)72-37-20-51(68,38(60)24-56)19-34-42(37)50(67)44-43(48(34)65)47(64)33-9-2-5-28(22-54)41(33)49(44)66/h2,5,9-10,12,22-23,26,29,37,40,45,53,56,62-63,65,67-68H,3-4,6-8,11,13-21,24-25H2,1H3,(H,52,61)/t26-,29-,37+,40?,45+,51-/m0/s1. The Bertz CT molecular complexity index is 2620. The second kappa shape index (κ2) is 24.3. The lowest BCUT2D eigenvalue weighted by atomic mass is 9.71. The summed E-state index contributed by atoms with van der Waals surface area (Å²) in [6.07, 6.45) is -5.23. The largest absolute Gasteiger partial charge is 0.507 e. The smallest absolute Gasteiger partial charge is 0.224 e. The van der Waals surface area contributed by atoms with Crippen molar-refractivity contribution in [2.75, 3.05) is 38.4 Å². The Labute approximate surface area is 412 Å². The predicted octanol–water partition coefficient (Wildman–Crippen LogP) is 2.60. The van der Waals surface area contributed by atoms with Gasteiger partial charge in [0.15, 0.2) is 42.0 Å². The van der Waals surface area contributed by atoms with E-state index >= 15 is 0 Å². The van der Waals surface area contributed by atoms with Crippen LogP contribution in [0.3, 0.4) is 0 Å². The Morgan fingerprint density at radius 2 is 1.51 bits per heavy atom. The van der Waals surface area contributed by atoms with Gasteiger partial charge in [0, 0.05) is 92.2 Å². The van der Waals surface area contributed by atoms with Gasteiger partial charge >= 0.3 is 0 Å². The number of rotatable bonds is 26. The van der Waals surface area contributed by atoms with Gasteiger partial charge in [-0.05, 0) is 37.3 Å². The zero-order valence-electron chi connectivity index (χ0n) is 39.4. The number of aldehydes is 2. The van der Waals surface area contributed by atoms with E-state index in [0.29, 0.717) is 19.0 Å². The molecular weight excluding hydrogens is 947 g/mol. The van der Waals surface area contributed by atoms with Gasteiger partial charge in [0.1, 0.15) is 47.6 Å². The summed E-state index contributed by atoms with van der Waals surface area (Å²) < 4.78 is 23.0. The Morgan fingerprint density at radius 3 is 2.22 bits per heavy atom. The fraction of sp³-hybridized carbons (Fsp3) is 0.471. The minimum absolute atomic E-state index is 0.0144. The van der Waals surface area contributed by atoms with Crippen molar-refractivity contribution in [2.24, 2.45) is 5.92 Å². The van der Waals surface area contributed by atoms with Gasteiger partial charge in [0.05, 0.1) is 60.5 Å². The second-order valence-electron chi connectivity index (χ2n) is 18.1. The summed E-state index contributed by atoms with van der Waals surface area (Å²) in [5.74, 6) is -7.07. The van der Waals surface area contributed by atoms with E-state index in [1.165, 1.54) is 37.3 Å². The van der Waals surface area contributed by atoms with E-state index in [9.17, 15) is 78.9 Å². The summed E-state index contributed by atoms with van der Waals surface area (Å²) >= 11 is 0. The highest BCUT2D eigenvalue weighted by molar-refractivity contribution is 6.32. The van der Waals surface area contributed by atoms with Gasteiger partial charge in [-0.3, -0.25) is 43.2 Å². The molecule has 21 heteroatoms. The third-order valence-corrected chi connectivity index (χ3v) is 13.1. The zero-order valence-corrected chi connectivity index (χ0v) is 39.4. The van der Waals surface area contributed by atoms with Crippen molar-refractivity contribution in [3.05, 3.63) is 80.4 Å². The number of aliphatic hydroxyl groups excluding tert-OH is 3. The average Bonchev–Trinajstić information content (AvgIpc) is 3.35. The Kier molecular flexibility index (Phi) is 18.5. The first-order valence-corrected chi connectivity index (χ1v) is 23.4. The molecule has 0 saturated carbocycles. The topological polar surface area (TPSA) is 344 Å². The molecule has 386 valence electrons. The fourth-order valence-corrected chi connectivity index (χ4v) is 9.34. The molecule has 1 fully saturated rings. The average molecular weight is 1000 g/mol. The molecule has 1 aliphatic heterocycles. The SMILES string of the molecule is C[C@@H]1OC(O[C@@H]2C[C@](O)(C(=O)CO)Cc3c(O)c4c(c(O)c32)C(=O)c2c(C=O)cccc2C4=O)C[C@H](CC(=O)CCCC(=O)COCCOCCCC(=O)CCC(=O)Nc2ccc(CO)c(C=O)c2O)[C@@H]1O. The molecule has 8 N–H and O–H groups in total.